The summed E-state index contributed by atoms with van der Waals surface area (Å²) in [5.74, 6) is 1.09. The van der Waals surface area contributed by atoms with Crippen molar-refractivity contribution in [3.8, 4) is 0 Å². The van der Waals surface area contributed by atoms with Crippen LogP contribution in [0.3, 0.4) is 0 Å². The van der Waals surface area contributed by atoms with Crippen LogP contribution >= 0.6 is 0 Å². The molecule has 0 heterocycles. The van der Waals surface area contributed by atoms with E-state index >= 15 is 0 Å². The van der Waals surface area contributed by atoms with Gasteiger partial charge in [0.25, 0.3) is 0 Å². The number of hydrogen-bond donors (Lipinski definition) is 0. The molecule has 4 saturated carbocycles. The van der Waals surface area contributed by atoms with Crippen LogP contribution in [0.5, 0.6) is 0 Å². The number of fused-ring (bicyclic) bond motifs is 7. The average molecular weight is 589 g/mol. The molecule has 0 saturated heterocycles. The summed E-state index contributed by atoms with van der Waals surface area (Å²) in [6.07, 6.45) is 11.8. The van der Waals surface area contributed by atoms with E-state index < -0.39 is 27.3 Å². The monoisotopic (exact) mass is 588 g/mol. The Morgan fingerprint density at radius 1 is 0.923 bits per heavy atom. The van der Waals surface area contributed by atoms with E-state index in [1.54, 1.807) is 5.57 Å². The van der Waals surface area contributed by atoms with Crippen LogP contribution in [-0.4, -0.2) is 32.2 Å². The number of hydrogen-bond acceptors (Lipinski definition) is 6. The maximum Gasteiger partial charge on any atom is 1.00 e. The summed E-state index contributed by atoms with van der Waals surface area (Å²) in [7, 11) is -3.22. The number of esters is 1. The van der Waals surface area contributed by atoms with Crippen molar-refractivity contribution in [3.05, 3.63) is 11.6 Å². The molecule has 0 spiro atoms. The molecule has 8 heteroatoms. The zero-order chi connectivity index (χ0) is 28.2. The van der Waals surface area contributed by atoms with Gasteiger partial charge in [-0.15, -0.1) is 0 Å². The number of allylic oxidation sites excluding steroid dienone is 2. The van der Waals surface area contributed by atoms with Crippen molar-refractivity contribution in [1.29, 1.82) is 0 Å². The van der Waals surface area contributed by atoms with E-state index in [4.69, 9.17) is 8.92 Å². The minimum Gasteiger partial charge on any atom is -0.726 e. The molecule has 1 unspecified atom stereocenters. The van der Waals surface area contributed by atoms with E-state index in [9.17, 15) is 17.8 Å². The standard InChI is InChI=1S/C31H50O6S.K/c1-26(2)22-11-14-31(7)23(29(22,5)13-12-24(26)37-38(33,34)35)10-9-20-21-19-28(4,25(32)36-8)16-15-27(21,3)17-18-30(20,31)6;/h9,21-24H,10-19H2,1-8H3,(H,33,34,35);/q;+1/p-1/t21-,22-,23+,24?,27+,28-,29-,30+,31+;/m0./s1. The van der Waals surface area contributed by atoms with Crippen LogP contribution in [-0.2, 0) is 24.1 Å². The molecule has 5 aliphatic carbocycles. The number of rotatable bonds is 3. The molecule has 216 valence electrons. The third-order valence-electron chi connectivity index (χ3n) is 13.7. The predicted molar refractivity (Wildman–Crippen MR) is 146 cm³/mol. The van der Waals surface area contributed by atoms with Crippen LogP contribution in [0, 0.1) is 50.2 Å². The molecule has 5 rings (SSSR count). The third kappa shape index (κ3) is 4.76. The molecule has 0 amide bonds. The van der Waals surface area contributed by atoms with Crippen molar-refractivity contribution in [2.75, 3.05) is 7.11 Å². The maximum atomic E-state index is 12.9. The molecule has 0 radical (unpaired) electrons. The van der Waals surface area contributed by atoms with Gasteiger partial charge in [-0.05, 0) is 116 Å². The number of carbonyl (C=O) groups excluding carboxylic acids is 1. The van der Waals surface area contributed by atoms with Gasteiger partial charge in [0.05, 0.1) is 18.6 Å². The van der Waals surface area contributed by atoms with Crippen molar-refractivity contribution in [2.24, 2.45) is 50.2 Å². The fourth-order valence-electron chi connectivity index (χ4n) is 11.1. The minimum atomic E-state index is -4.74. The molecule has 9 atom stereocenters. The van der Waals surface area contributed by atoms with Crippen LogP contribution in [0.1, 0.15) is 113 Å². The number of carbonyl (C=O) groups is 1. The second-order valence-electron chi connectivity index (χ2n) is 15.6. The van der Waals surface area contributed by atoms with Crippen LogP contribution in [0.25, 0.3) is 0 Å². The Bertz CT molecular complexity index is 1150. The van der Waals surface area contributed by atoms with Gasteiger partial charge in [0.1, 0.15) is 0 Å². The summed E-state index contributed by atoms with van der Waals surface area (Å²) in [4.78, 5) is 12.9. The van der Waals surface area contributed by atoms with Crippen molar-refractivity contribution < 1.29 is 78.1 Å². The van der Waals surface area contributed by atoms with Gasteiger partial charge in [0.2, 0.25) is 10.4 Å². The fourth-order valence-corrected chi connectivity index (χ4v) is 11.7. The second-order valence-corrected chi connectivity index (χ2v) is 16.6. The molecule has 0 aliphatic heterocycles. The van der Waals surface area contributed by atoms with Crippen molar-refractivity contribution in [1.82, 2.24) is 0 Å². The molecule has 0 aromatic rings. The van der Waals surface area contributed by atoms with Crippen molar-refractivity contribution >= 4 is 16.4 Å². The first kappa shape index (κ1) is 32.6. The van der Waals surface area contributed by atoms with Gasteiger partial charge < -0.3 is 9.29 Å². The first-order valence-corrected chi connectivity index (χ1v) is 16.1. The molecular weight excluding hydrogens is 540 g/mol. The van der Waals surface area contributed by atoms with Gasteiger partial charge in [-0.2, -0.15) is 0 Å². The summed E-state index contributed by atoms with van der Waals surface area (Å²) >= 11 is 0. The van der Waals surface area contributed by atoms with E-state index in [0.29, 0.717) is 24.2 Å². The van der Waals surface area contributed by atoms with Gasteiger partial charge in [0.15, 0.2) is 0 Å². The summed E-state index contributed by atoms with van der Waals surface area (Å²) < 4.78 is 45.0. The molecule has 39 heavy (non-hydrogen) atoms. The Morgan fingerprint density at radius 3 is 2.18 bits per heavy atom. The van der Waals surface area contributed by atoms with Gasteiger partial charge >= 0.3 is 57.4 Å². The summed E-state index contributed by atoms with van der Waals surface area (Å²) in [5, 5.41) is 0. The third-order valence-corrected chi connectivity index (χ3v) is 14.2. The van der Waals surface area contributed by atoms with Gasteiger partial charge in [-0.25, -0.2) is 8.42 Å². The second kappa shape index (κ2) is 10.1. The molecule has 0 bridgehead atoms. The summed E-state index contributed by atoms with van der Waals surface area (Å²) in [5.41, 5.74) is 1.23. The van der Waals surface area contributed by atoms with E-state index in [-0.39, 0.29) is 79.0 Å². The fraction of sp³-hybridized carbons (Fsp3) is 0.903. The molecular formula is C31H49KO6S. The minimum absolute atomic E-state index is 0. The Labute approximate surface area is 279 Å². The normalized spacial score (nSPS) is 48.7. The quantitative estimate of drug-likeness (QED) is 0.164. The Morgan fingerprint density at radius 2 is 1.56 bits per heavy atom. The van der Waals surface area contributed by atoms with E-state index in [2.05, 4.69) is 54.5 Å². The predicted octanol–water partition coefficient (Wildman–Crippen LogP) is 3.81. The van der Waals surface area contributed by atoms with Gasteiger partial charge in [0, 0.05) is 0 Å². The first-order chi connectivity index (χ1) is 17.4. The van der Waals surface area contributed by atoms with Crippen molar-refractivity contribution in [2.45, 2.75) is 119 Å². The SMILES string of the molecule is COC(=O)[C@@]1(C)CC[C@]2(C)CC[C@]3(C)C(=CC[C@@H]4[C@@]5(C)CCC(OS(=O)(=O)[O-])C(C)(C)[C@@H]5CC[C@]43C)[C@@H]2C1.[K+]. The van der Waals surface area contributed by atoms with Crippen LogP contribution in [0.2, 0.25) is 0 Å². The van der Waals surface area contributed by atoms with Crippen molar-refractivity contribution in [3.63, 3.8) is 0 Å². The summed E-state index contributed by atoms with van der Waals surface area (Å²) in [6.45, 7) is 16.3. The largest absolute Gasteiger partial charge is 1.00 e. The number of ether oxygens (including phenoxy) is 1. The first-order valence-electron chi connectivity index (χ1n) is 14.8. The Kier molecular flexibility index (Phi) is 8.48. The molecule has 6 nitrogen and oxygen atoms in total. The Balaban J connectivity index is 0.00000353. The number of methoxy groups -OCH3 is 1. The van der Waals surface area contributed by atoms with Crippen LogP contribution in [0.4, 0.5) is 0 Å². The average Bonchev–Trinajstić information content (AvgIpc) is 2.81. The van der Waals surface area contributed by atoms with Gasteiger partial charge in [-0.1, -0.05) is 53.2 Å². The molecule has 5 aliphatic rings. The smallest absolute Gasteiger partial charge is 0.726 e. The summed E-state index contributed by atoms with van der Waals surface area (Å²) in [6, 6.07) is 0. The molecule has 4 fully saturated rings. The molecule has 0 N–H and O–H groups in total. The molecule has 0 aromatic carbocycles. The van der Waals surface area contributed by atoms with E-state index in [0.717, 1.165) is 44.9 Å². The zero-order valence-electron chi connectivity index (χ0n) is 25.8. The van der Waals surface area contributed by atoms with Crippen LogP contribution < -0.4 is 51.4 Å². The zero-order valence-corrected chi connectivity index (χ0v) is 29.8. The van der Waals surface area contributed by atoms with E-state index in [1.807, 2.05) is 0 Å². The molecule has 0 aromatic heterocycles. The topological polar surface area (TPSA) is 92.7 Å². The van der Waals surface area contributed by atoms with Crippen LogP contribution in [0.15, 0.2) is 11.6 Å². The van der Waals surface area contributed by atoms with Gasteiger partial charge in [-0.3, -0.25) is 8.98 Å². The van der Waals surface area contributed by atoms with E-state index in [1.165, 1.54) is 20.0 Å². The Hall–Kier alpha value is 0.716. The maximum absolute atomic E-state index is 12.9.